The van der Waals surface area contributed by atoms with Crippen LogP contribution in [0.5, 0.6) is 0 Å². The number of nitrogens with one attached hydrogen (secondary N) is 1. The highest BCUT2D eigenvalue weighted by Crippen LogP contribution is 2.28. The maximum Gasteiger partial charge on any atom is 0.265 e. The van der Waals surface area contributed by atoms with Gasteiger partial charge in [-0.25, -0.2) is 4.98 Å². The van der Waals surface area contributed by atoms with Gasteiger partial charge in [-0.1, -0.05) is 18.3 Å². The second-order valence-corrected chi connectivity index (χ2v) is 6.05. The molecule has 20 heavy (non-hydrogen) atoms. The number of nitrogens with two attached hydrogens (primary N) is 1. The molecule has 6 nitrogen and oxygen atoms in total. The number of amides is 1. The summed E-state index contributed by atoms with van der Waals surface area (Å²) in [5, 5.41) is 3.76. The van der Waals surface area contributed by atoms with Gasteiger partial charge >= 0.3 is 0 Å². The average molecular weight is 298 g/mol. The Morgan fingerprint density at radius 2 is 2.40 bits per heavy atom. The van der Waals surface area contributed by atoms with E-state index in [9.17, 15) is 4.79 Å². The van der Waals surface area contributed by atoms with E-state index >= 15 is 0 Å². The summed E-state index contributed by atoms with van der Waals surface area (Å²) >= 11 is 1.34. The number of aromatic nitrogens is 1. The van der Waals surface area contributed by atoms with Crippen molar-refractivity contribution in [2.24, 2.45) is 0 Å². The number of anilines is 2. The molecule has 0 bridgehead atoms. The van der Waals surface area contributed by atoms with Gasteiger partial charge in [0.15, 0.2) is 5.13 Å². The number of hydrogen-bond donors (Lipinski definition) is 2. The lowest BCUT2D eigenvalue weighted by atomic mass is 10.1. The normalized spacial score (nSPS) is 21.9. The molecular weight excluding hydrogens is 276 g/mol. The van der Waals surface area contributed by atoms with Crippen LogP contribution in [0.2, 0.25) is 0 Å². The second-order valence-electron chi connectivity index (χ2n) is 5.08. The van der Waals surface area contributed by atoms with Gasteiger partial charge in [0.1, 0.15) is 10.7 Å². The molecule has 1 aromatic heterocycles. The zero-order chi connectivity index (χ0) is 14.7. The third-order valence-electron chi connectivity index (χ3n) is 3.43. The smallest absolute Gasteiger partial charge is 0.265 e. The first-order valence-electron chi connectivity index (χ1n) is 6.92. The summed E-state index contributed by atoms with van der Waals surface area (Å²) < 4.78 is 5.44. The summed E-state index contributed by atoms with van der Waals surface area (Å²) in [6, 6.07) is 0.0563. The predicted octanol–water partition coefficient (Wildman–Crippen LogP) is 1.48. The largest absolute Gasteiger partial charge is 0.382 e. The van der Waals surface area contributed by atoms with E-state index in [0.29, 0.717) is 17.3 Å². The van der Waals surface area contributed by atoms with Gasteiger partial charge in [0, 0.05) is 20.2 Å². The van der Waals surface area contributed by atoms with Crippen LogP contribution in [0, 0.1) is 0 Å². The fourth-order valence-electron chi connectivity index (χ4n) is 2.23. The quantitative estimate of drug-likeness (QED) is 0.860. The average Bonchev–Trinajstić information content (AvgIpc) is 2.97. The van der Waals surface area contributed by atoms with E-state index in [1.54, 1.807) is 0 Å². The first kappa shape index (κ1) is 15.1. The monoisotopic (exact) mass is 298 g/mol. The lowest BCUT2D eigenvalue weighted by molar-refractivity contribution is 0.0870. The molecule has 0 radical (unpaired) electrons. The van der Waals surface area contributed by atoms with Crippen LogP contribution in [-0.2, 0) is 4.74 Å². The van der Waals surface area contributed by atoms with E-state index in [1.165, 1.54) is 11.3 Å². The van der Waals surface area contributed by atoms with Crippen LogP contribution in [-0.4, -0.2) is 43.2 Å². The van der Waals surface area contributed by atoms with Crippen molar-refractivity contribution in [1.82, 2.24) is 10.3 Å². The van der Waals surface area contributed by atoms with Crippen LogP contribution >= 0.6 is 11.3 Å². The van der Waals surface area contributed by atoms with Crippen molar-refractivity contribution in [3.05, 3.63) is 4.88 Å². The van der Waals surface area contributed by atoms with Crippen molar-refractivity contribution in [2.45, 2.75) is 38.8 Å². The van der Waals surface area contributed by atoms with E-state index < -0.39 is 0 Å². The highest BCUT2D eigenvalue weighted by atomic mass is 32.1. The molecule has 1 aliphatic heterocycles. The van der Waals surface area contributed by atoms with E-state index in [-0.39, 0.29) is 18.1 Å². The van der Waals surface area contributed by atoms with E-state index in [4.69, 9.17) is 10.5 Å². The molecule has 1 fully saturated rings. The Morgan fingerprint density at radius 1 is 1.65 bits per heavy atom. The van der Waals surface area contributed by atoms with Crippen molar-refractivity contribution >= 4 is 28.2 Å². The Morgan fingerprint density at radius 3 is 3.00 bits per heavy atom. The molecule has 0 spiro atoms. The van der Waals surface area contributed by atoms with Gasteiger partial charge in [0.25, 0.3) is 5.91 Å². The summed E-state index contributed by atoms with van der Waals surface area (Å²) in [5.41, 5.74) is 5.87. The number of nitrogen functional groups attached to an aromatic ring is 1. The van der Waals surface area contributed by atoms with E-state index in [0.717, 1.165) is 24.5 Å². The number of hydrogen-bond acceptors (Lipinski definition) is 6. The first-order chi connectivity index (χ1) is 9.52. The van der Waals surface area contributed by atoms with Gasteiger partial charge in [0.2, 0.25) is 0 Å². The zero-order valence-corrected chi connectivity index (χ0v) is 13.0. The summed E-state index contributed by atoms with van der Waals surface area (Å²) in [7, 11) is 1.95. The molecule has 112 valence electrons. The molecule has 0 saturated carbocycles. The lowest BCUT2D eigenvalue weighted by Gasteiger charge is -2.15. The molecule has 2 atom stereocenters. The minimum atomic E-state index is -0.154. The van der Waals surface area contributed by atoms with Crippen molar-refractivity contribution in [3.63, 3.8) is 0 Å². The van der Waals surface area contributed by atoms with Crippen LogP contribution in [0.25, 0.3) is 0 Å². The highest BCUT2D eigenvalue weighted by molar-refractivity contribution is 7.18. The molecule has 1 aliphatic rings. The van der Waals surface area contributed by atoms with Gasteiger partial charge in [0.05, 0.1) is 12.1 Å². The molecule has 2 rings (SSSR count). The zero-order valence-electron chi connectivity index (χ0n) is 12.2. The highest BCUT2D eigenvalue weighted by Gasteiger charge is 2.27. The van der Waals surface area contributed by atoms with Gasteiger partial charge in [-0.15, -0.1) is 0 Å². The molecule has 1 aromatic rings. The molecule has 1 saturated heterocycles. The Hall–Kier alpha value is -1.34. The Kier molecular flexibility index (Phi) is 4.82. The van der Waals surface area contributed by atoms with Crippen LogP contribution in [0.1, 0.15) is 36.4 Å². The number of ether oxygens (including phenoxy) is 1. The van der Waals surface area contributed by atoms with Crippen LogP contribution in [0.3, 0.4) is 0 Å². The minimum Gasteiger partial charge on any atom is -0.382 e. The topological polar surface area (TPSA) is 80.5 Å². The third kappa shape index (κ3) is 3.21. The van der Waals surface area contributed by atoms with Crippen molar-refractivity contribution in [3.8, 4) is 0 Å². The van der Waals surface area contributed by atoms with Gasteiger partial charge in [-0.3, -0.25) is 4.79 Å². The van der Waals surface area contributed by atoms with Crippen LogP contribution in [0.15, 0.2) is 0 Å². The van der Waals surface area contributed by atoms with Gasteiger partial charge < -0.3 is 20.7 Å². The molecule has 2 unspecified atom stereocenters. The summed E-state index contributed by atoms with van der Waals surface area (Å²) in [6.45, 7) is 5.65. The second kappa shape index (κ2) is 6.41. The molecular formula is C13H22N4O2S. The molecule has 0 aromatic carbocycles. The van der Waals surface area contributed by atoms with E-state index in [1.807, 2.05) is 18.9 Å². The van der Waals surface area contributed by atoms with E-state index in [2.05, 4.69) is 17.2 Å². The lowest BCUT2D eigenvalue weighted by Crippen LogP contribution is -2.39. The molecule has 7 heteroatoms. The summed E-state index contributed by atoms with van der Waals surface area (Å²) in [6.07, 6.45) is 1.91. The SMILES string of the molecule is CCCN(C)c1nc(N)c(C(=O)NC2CCOC2C)s1. The Labute approximate surface area is 123 Å². The predicted molar refractivity (Wildman–Crippen MR) is 81.4 cm³/mol. The number of nitrogens with zero attached hydrogens (tertiary/aromatic N) is 2. The van der Waals surface area contributed by atoms with Crippen molar-refractivity contribution in [1.29, 1.82) is 0 Å². The van der Waals surface area contributed by atoms with Crippen LogP contribution in [0.4, 0.5) is 10.9 Å². The van der Waals surface area contributed by atoms with Gasteiger partial charge in [-0.05, 0) is 19.8 Å². The van der Waals surface area contributed by atoms with Crippen molar-refractivity contribution in [2.75, 3.05) is 30.8 Å². The minimum absolute atomic E-state index is 0.0512. The fraction of sp³-hybridized carbons (Fsp3) is 0.692. The van der Waals surface area contributed by atoms with Gasteiger partial charge in [-0.2, -0.15) is 0 Å². The van der Waals surface area contributed by atoms with Crippen molar-refractivity contribution < 1.29 is 9.53 Å². The standard InChI is InChI=1S/C13H22N4O2S/c1-4-6-17(3)13-16-11(14)10(20-13)12(18)15-9-5-7-19-8(9)2/h8-9H,4-7,14H2,1-3H3,(H,15,18). The third-order valence-corrected chi connectivity index (χ3v) is 4.61. The first-order valence-corrected chi connectivity index (χ1v) is 7.74. The number of carbonyl (C=O) groups excluding carboxylic acids is 1. The Bertz CT molecular complexity index is 477. The molecule has 2 heterocycles. The Balaban J connectivity index is 2.06. The fourth-order valence-corrected chi connectivity index (χ4v) is 3.11. The van der Waals surface area contributed by atoms with Crippen LogP contribution < -0.4 is 16.0 Å². The maximum absolute atomic E-state index is 12.3. The summed E-state index contributed by atoms with van der Waals surface area (Å²) in [5.74, 6) is 0.149. The molecule has 3 N–H and O–H groups in total. The molecule has 1 amide bonds. The summed E-state index contributed by atoms with van der Waals surface area (Å²) in [4.78, 5) is 19.0. The number of carbonyl (C=O) groups is 1. The maximum atomic E-state index is 12.3. The number of thiazole rings is 1. The molecule has 0 aliphatic carbocycles. The number of rotatable bonds is 5.